The molecule has 2 aromatic rings. The Morgan fingerprint density at radius 2 is 1.53 bits per heavy atom. The molecule has 160 valence electrons. The third-order valence-electron chi connectivity index (χ3n) is 7.93. The van der Waals surface area contributed by atoms with Crippen LogP contribution in [0.2, 0.25) is 10.0 Å². The van der Waals surface area contributed by atoms with Crippen LogP contribution >= 0.6 is 23.2 Å². The van der Waals surface area contributed by atoms with Crippen LogP contribution in [-0.2, 0) is 13.2 Å². The number of ether oxygens (including phenoxy) is 1. The Bertz CT molecular complexity index is 859. The number of hydrogen-bond acceptors (Lipinski definition) is 2. The van der Waals surface area contributed by atoms with Crippen molar-refractivity contribution in [2.24, 2.45) is 23.2 Å². The van der Waals surface area contributed by atoms with Crippen LogP contribution in [0.5, 0.6) is 5.75 Å². The van der Waals surface area contributed by atoms with Crippen LogP contribution in [0.1, 0.15) is 56.6 Å². The lowest BCUT2D eigenvalue weighted by molar-refractivity contribution is -0.0706. The standard InChI is InChI=1S/C26H31Cl2NO/c1-17(26-12-19-8-20(13-26)10-21(9-19)14-26)29-15-22-11-24(28)6-7-25(22)30-16-18-2-4-23(27)5-3-18/h2-7,11,17,19-21,29H,8-10,12-16H2,1H3/t17-,19?,20?,21?,26?/m0/s1. The second-order valence-electron chi connectivity index (χ2n) is 10.0. The minimum Gasteiger partial charge on any atom is -0.489 e. The molecule has 6 rings (SSSR count). The molecule has 0 heterocycles. The predicted molar refractivity (Wildman–Crippen MR) is 124 cm³/mol. The Balaban J connectivity index is 1.25. The Kier molecular flexibility index (Phi) is 5.77. The molecule has 0 aliphatic heterocycles. The van der Waals surface area contributed by atoms with Gasteiger partial charge in [0.1, 0.15) is 12.4 Å². The first kappa shape index (κ1) is 20.7. The fraction of sp³-hybridized carbons (Fsp3) is 0.538. The van der Waals surface area contributed by atoms with Gasteiger partial charge in [0.2, 0.25) is 0 Å². The van der Waals surface area contributed by atoms with Crippen molar-refractivity contribution in [1.82, 2.24) is 5.32 Å². The van der Waals surface area contributed by atoms with Crippen LogP contribution in [0, 0.1) is 23.2 Å². The van der Waals surface area contributed by atoms with Gasteiger partial charge in [0, 0.05) is 28.2 Å². The number of hydrogen-bond donors (Lipinski definition) is 1. The maximum Gasteiger partial charge on any atom is 0.124 e. The van der Waals surface area contributed by atoms with Crippen molar-refractivity contribution >= 4 is 23.2 Å². The van der Waals surface area contributed by atoms with Gasteiger partial charge < -0.3 is 10.1 Å². The molecule has 2 nitrogen and oxygen atoms in total. The van der Waals surface area contributed by atoms with Gasteiger partial charge in [-0.15, -0.1) is 0 Å². The van der Waals surface area contributed by atoms with E-state index in [1.807, 2.05) is 42.5 Å². The lowest BCUT2D eigenvalue weighted by Crippen LogP contribution is -2.54. The molecule has 0 saturated heterocycles. The average molecular weight is 444 g/mol. The minimum absolute atomic E-state index is 0.498. The van der Waals surface area contributed by atoms with E-state index in [0.717, 1.165) is 51.2 Å². The van der Waals surface area contributed by atoms with Gasteiger partial charge in [0.05, 0.1) is 0 Å². The van der Waals surface area contributed by atoms with Crippen LogP contribution in [0.25, 0.3) is 0 Å². The lowest BCUT2D eigenvalue weighted by atomic mass is 9.48. The molecule has 4 heteroatoms. The van der Waals surface area contributed by atoms with Crippen LogP contribution in [0.4, 0.5) is 0 Å². The van der Waals surface area contributed by atoms with E-state index in [4.69, 9.17) is 27.9 Å². The number of rotatable bonds is 7. The Morgan fingerprint density at radius 3 is 2.17 bits per heavy atom. The monoisotopic (exact) mass is 443 g/mol. The normalized spacial score (nSPS) is 30.4. The van der Waals surface area contributed by atoms with Gasteiger partial charge in [-0.1, -0.05) is 35.3 Å². The molecule has 0 aromatic heterocycles. The molecule has 4 bridgehead atoms. The second kappa shape index (κ2) is 8.37. The smallest absolute Gasteiger partial charge is 0.124 e. The van der Waals surface area contributed by atoms with Gasteiger partial charge in [0.25, 0.3) is 0 Å². The van der Waals surface area contributed by atoms with E-state index in [0.29, 0.717) is 18.1 Å². The molecule has 2 aromatic carbocycles. The first-order chi connectivity index (χ1) is 14.5. The first-order valence-corrected chi connectivity index (χ1v) is 12.1. The maximum atomic E-state index is 6.33. The molecule has 0 amide bonds. The fourth-order valence-electron chi connectivity index (χ4n) is 6.76. The minimum atomic E-state index is 0.498. The van der Waals surface area contributed by atoms with Gasteiger partial charge in [0.15, 0.2) is 0 Å². The number of halogens is 2. The Morgan fingerprint density at radius 1 is 0.933 bits per heavy atom. The van der Waals surface area contributed by atoms with Crippen molar-refractivity contribution < 1.29 is 4.74 Å². The molecule has 1 N–H and O–H groups in total. The van der Waals surface area contributed by atoms with E-state index in [2.05, 4.69) is 12.2 Å². The third kappa shape index (κ3) is 4.24. The quantitative estimate of drug-likeness (QED) is 0.485. The molecule has 4 saturated carbocycles. The molecule has 4 fully saturated rings. The molecule has 0 unspecified atom stereocenters. The van der Waals surface area contributed by atoms with Crippen LogP contribution in [0.3, 0.4) is 0 Å². The van der Waals surface area contributed by atoms with Crippen LogP contribution in [-0.4, -0.2) is 6.04 Å². The van der Waals surface area contributed by atoms with Crippen molar-refractivity contribution in [3.05, 3.63) is 63.6 Å². The van der Waals surface area contributed by atoms with Crippen molar-refractivity contribution in [1.29, 1.82) is 0 Å². The van der Waals surface area contributed by atoms with Crippen molar-refractivity contribution in [3.63, 3.8) is 0 Å². The molecular weight excluding hydrogens is 413 g/mol. The highest BCUT2D eigenvalue weighted by molar-refractivity contribution is 6.30. The van der Waals surface area contributed by atoms with Crippen molar-refractivity contribution in [2.75, 3.05) is 0 Å². The summed E-state index contributed by atoms with van der Waals surface area (Å²) in [6.45, 7) is 3.72. The maximum absolute atomic E-state index is 6.33. The van der Waals surface area contributed by atoms with E-state index in [-0.39, 0.29) is 0 Å². The van der Waals surface area contributed by atoms with E-state index in [1.165, 1.54) is 38.5 Å². The van der Waals surface area contributed by atoms with Crippen molar-refractivity contribution in [3.8, 4) is 5.75 Å². The summed E-state index contributed by atoms with van der Waals surface area (Å²) in [6.07, 6.45) is 8.72. The second-order valence-corrected chi connectivity index (χ2v) is 10.9. The van der Waals surface area contributed by atoms with Gasteiger partial charge in [-0.2, -0.15) is 0 Å². The summed E-state index contributed by atoms with van der Waals surface area (Å²) in [5.41, 5.74) is 2.74. The Labute approximate surface area is 190 Å². The molecule has 4 aliphatic carbocycles. The topological polar surface area (TPSA) is 21.3 Å². The van der Waals surface area contributed by atoms with Gasteiger partial charge in [-0.3, -0.25) is 0 Å². The zero-order chi connectivity index (χ0) is 20.7. The molecule has 30 heavy (non-hydrogen) atoms. The van der Waals surface area contributed by atoms with E-state index < -0.39 is 0 Å². The largest absolute Gasteiger partial charge is 0.489 e. The SMILES string of the molecule is C[C@H](NCc1cc(Cl)ccc1OCc1ccc(Cl)cc1)C12CC3CC(CC(C3)C1)C2. The zero-order valence-corrected chi connectivity index (χ0v) is 19.2. The highest BCUT2D eigenvalue weighted by atomic mass is 35.5. The van der Waals surface area contributed by atoms with Gasteiger partial charge >= 0.3 is 0 Å². The summed E-state index contributed by atoms with van der Waals surface area (Å²) >= 11 is 12.3. The summed E-state index contributed by atoms with van der Waals surface area (Å²) in [4.78, 5) is 0. The molecule has 4 aliphatic rings. The predicted octanol–water partition coefficient (Wildman–Crippen LogP) is 7.27. The lowest BCUT2D eigenvalue weighted by Gasteiger charge is -2.59. The average Bonchev–Trinajstić information content (AvgIpc) is 2.71. The summed E-state index contributed by atoms with van der Waals surface area (Å²) in [5, 5.41) is 5.37. The summed E-state index contributed by atoms with van der Waals surface area (Å²) in [5.74, 6) is 3.83. The number of benzene rings is 2. The van der Waals surface area contributed by atoms with E-state index in [1.54, 1.807) is 0 Å². The zero-order valence-electron chi connectivity index (χ0n) is 17.7. The summed E-state index contributed by atoms with van der Waals surface area (Å²) in [6, 6.07) is 14.3. The first-order valence-electron chi connectivity index (χ1n) is 11.4. The summed E-state index contributed by atoms with van der Waals surface area (Å²) in [7, 11) is 0. The highest BCUT2D eigenvalue weighted by Crippen LogP contribution is 2.61. The van der Waals surface area contributed by atoms with Crippen molar-refractivity contribution in [2.45, 2.75) is 64.6 Å². The fourth-order valence-corrected chi connectivity index (χ4v) is 7.08. The Hall–Kier alpha value is -1.22. The molecular formula is C26H31Cl2NO. The van der Waals surface area contributed by atoms with Gasteiger partial charge in [-0.25, -0.2) is 0 Å². The molecule has 0 spiro atoms. The molecule has 1 atom stereocenters. The van der Waals surface area contributed by atoms with Crippen LogP contribution in [0.15, 0.2) is 42.5 Å². The van der Waals surface area contributed by atoms with E-state index in [9.17, 15) is 0 Å². The van der Waals surface area contributed by atoms with E-state index >= 15 is 0 Å². The summed E-state index contributed by atoms with van der Waals surface area (Å²) < 4.78 is 6.16. The van der Waals surface area contributed by atoms with Crippen LogP contribution < -0.4 is 10.1 Å². The van der Waals surface area contributed by atoms with Gasteiger partial charge in [-0.05, 0) is 105 Å². The third-order valence-corrected chi connectivity index (χ3v) is 8.42. The number of nitrogens with one attached hydrogen (secondary N) is 1. The molecule has 0 radical (unpaired) electrons. The highest BCUT2D eigenvalue weighted by Gasteiger charge is 2.52.